The molecule has 0 saturated heterocycles. The lowest BCUT2D eigenvalue weighted by Gasteiger charge is -2.26. The van der Waals surface area contributed by atoms with Crippen molar-refractivity contribution < 1.29 is 22.3 Å². The van der Waals surface area contributed by atoms with Crippen LogP contribution in [0.25, 0.3) is 10.9 Å². The van der Waals surface area contributed by atoms with E-state index >= 15 is 0 Å². The van der Waals surface area contributed by atoms with E-state index in [1.807, 2.05) is 34.6 Å². The first-order valence-corrected chi connectivity index (χ1v) is 11.4. The zero-order valence-electron chi connectivity index (χ0n) is 22.0. The number of nitrogens with one attached hydrogen (secondary N) is 2. The maximum absolute atomic E-state index is 13.9. The van der Waals surface area contributed by atoms with Crippen molar-refractivity contribution in [2.75, 3.05) is 18.6 Å². The average molecular weight is 510 g/mol. The van der Waals surface area contributed by atoms with Gasteiger partial charge < -0.3 is 9.64 Å². The van der Waals surface area contributed by atoms with E-state index in [0.29, 0.717) is 5.56 Å². The maximum Gasteiger partial charge on any atom is 0.256 e. The topological polar surface area (TPSA) is 78.0 Å². The van der Waals surface area contributed by atoms with Crippen LogP contribution in [0.3, 0.4) is 0 Å². The van der Waals surface area contributed by atoms with Crippen molar-refractivity contribution in [1.29, 1.82) is 10.8 Å². The van der Waals surface area contributed by atoms with Gasteiger partial charge in [0, 0.05) is 18.2 Å². The molecule has 3 aromatic rings. The average Bonchev–Trinajstić information content (AvgIpc) is 2.77. The SMILES string of the molecule is CC.CC(=N)n1c(=N)nc(N(CC(F)F)c2cc(C)cc(F)c2)c2cc(F)ccc21.COC(C)(C)C. The highest BCUT2D eigenvalue weighted by molar-refractivity contribution is 5.97. The number of hydrogen-bond acceptors (Lipinski definition) is 5. The highest BCUT2D eigenvalue weighted by atomic mass is 19.3. The molecule has 0 radical (unpaired) electrons. The zero-order chi connectivity index (χ0) is 27.8. The van der Waals surface area contributed by atoms with Crippen molar-refractivity contribution in [3.05, 3.63) is 59.2 Å². The second kappa shape index (κ2) is 13.2. The number of ether oxygens (including phenoxy) is 1. The molecule has 0 unspecified atom stereocenters. The normalized spacial score (nSPS) is 10.9. The van der Waals surface area contributed by atoms with Gasteiger partial charge in [-0.25, -0.2) is 17.6 Å². The number of rotatable bonds is 4. The first-order chi connectivity index (χ1) is 16.7. The molecule has 0 aliphatic heterocycles. The summed E-state index contributed by atoms with van der Waals surface area (Å²) in [5, 5.41) is 16.1. The van der Waals surface area contributed by atoms with E-state index in [-0.39, 0.29) is 39.5 Å². The Morgan fingerprint density at radius 1 is 1.08 bits per heavy atom. The van der Waals surface area contributed by atoms with Crippen LogP contribution >= 0.6 is 0 Å². The molecule has 2 N–H and O–H groups in total. The largest absolute Gasteiger partial charge is 0.379 e. The van der Waals surface area contributed by atoms with Crippen molar-refractivity contribution >= 4 is 28.2 Å². The molecule has 0 atom stereocenters. The molecule has 0 amide bonds. The lowest BCUT2D eigenvalue weighted by molar-refractivity contribution is 0.0397. The van der Waals surface area contributed by atoms with Gasteiger partial charge in [-0.1, -0.05) is 13.8 Å². The smallest absolute Gasteiger partial charge is 0.256 e. The maximum atomic E-state index is 13.9. The fourth-order valence-electron chi connectivity index (χ4n) is 3.08. The molecule has 6 nitrogen and oxygen atoms in total. The van der Waals surface area contributed by atoms with E-state index < -0.39 is 24.6 Å². The van der Waals surface area contributed by atoms with Gasteiger partial charge in [-0.15, -0.1) is 0 Å². The zero-order valence-corrected chi connectivity index (χ0v) is 22.0. The van der Waals surface area contributed by atoms with Crippen molar-refractivity contribution in [3.63, 3.8) is 0 Å². The van der Waals surface area contributed by atoms with Crippen LogP contribution in [-0.4, -0.2) is 41.1 Å². The monoisotopic (exact) mass is 509 g/mol. The van der Waals surface area contributed by atoms with Crippen LogP contribution in [0.2, 0.25) is 0 Å². The van der Waals surface area contributed by atoms with Crippen LogP contribution in [0, 0.1) is 29.4 Å². The predicted octanol–water partition coefficient (Wildman–Crippen LogP) is 6.81. The van der Waals surface area contributed by atoms with Gasteiger partial charge in [0.1, 0.15) is 23.3 Å². The Bertz CT molecular complexity index is 1220. The minimum absolute atomic E-state index is 0.0392. The number of alkyl halides is 2. The summed E-state index contributed by atoms with van der Waals surface area (Å²) in [5.41, 5.74) is 0.544. The highest BCUT2D eigenvalue weighted by Crippen LogP contribution is 2.31. The molecular formula is C26H35F4N5O. The predicted molar refractivity (Wildman–Crippen MR) is 137 cm³/mol. The summed E-state index contributed by atoms with van der Waals surface area (Å²) in [5.74, 6) is -1.39. The fourth-order valence-corrected chi connectivity index (χ4v) is 3.08. The van der Waals surface area contributed by atoms with Crippen molar-refractivity contribution in [1.82, 2.24) is 9.55 Å². The minimum Gasteiger partial charge on any atom is -0.379 e. The molecule has 3 rings (SSSR count). The lowest BCUT2D eigenvalue weighted by atomic mass is 10.1. The first kappa shape index (κ1) is 30.8. The number of methoxy groups -OCH3 is 1. The molecule has 2 aromatic carbocycles. The Morgan fingerprint density at radius 2 is 1.67 bits per heavy atom. The molecule has 36 heavy (non-hydrogen) atoms. The molecule has 198 valence electrons. The molecule has 0 spiro atoms. The van der Waals surface area contributed by atoms with Gasteiger partial charge in [-0.3, -0.25) is 15.4 Å². The third kappa shape index (κ3) is 8.44. The third-order valence-electron chi connectivity index (χ3n) is 4.73. The number of halogens is 4. The van der Waals surface area contributed by atoms with Gasteiger partial charge in [-0.05, 0) is 76.6 Å². The van der Waals surface area contributed by atoms with Gasteiger partial charge in [0.15, 0.2) is 0 Å². The number of aryl methyl sites for hydroxylation is 1. The van der Waals surface area contributed by atoms with Gasteiger partial charge >= 0.3 is 0 Å². The molecular weight excluding hydrogens is 474 g/mol. The molecule has 1 heterocycles. The number of fused-ring (bicyclic) bond motifs is 1. The van der Waals surface area contributed by atoms with E-state index in [2.05, 4.69) is 4.98 Å². The van der Waals surface area contributed by atoms with Gasteiger partial charge in [0.05, 0.1) is 17.7 Å². The molecule has 0 bridgehead atoms. The quantitative estimate of drug-likeness (QED) is 0.230. The fraction of sp³-hybridized carbons (Fsp3) is 0.423. The molecule has 0 fully saturated rings. The third-order valence-corrected chi connectivity index (χ3v) is 4.73. The second-order valence-electron chi connectivity index (χ2n) is 8.65. The van der Waals surface area contributed by atoms with E-state index in [0.717, 1.165) is 27.7 Å². The first-order valence-electron chi connectivity index (χ1n) is 11.4. The van der Waals surface area contributed by atoms with E-state index in [4.69, 9.17) is 15.6 Å². The van der Waals surface area contributed by atoms with Gasteiger partial charge in [0.2, 0.25) is 5.62 Å². The van der Waals surface area contributed by atoms with E-state index in [1.54, 1.807) is 14.0 Å². The number of nitrogens with zero attached hydrogens (tertiary/aromatic N) is 3. The summed E-state index contributed by atoms with van der Waals surface area (Å²) in [6, 6.07) is 7.43. The van der Waals surface area contributed by atoms with Crippen LogP contribution in [0.5, 0.6) is 0 Å². The molecule has 0 aliphatic carbocycles. The lowest BCUT2D eigenvalue weighted by Crippen LogP contribution is -2.32. The van der Waals surface area contributed by atoms with Gasteiger partial charge in [-0.2, -0.15) is 4.98 Å². The van der Waals surface area contributed by atoms with Crippen LogP contribution in [0.1, 0.15) is 47.1 Å². The standard InChI is InChI=1S/C19H17F4N5.C5H12O.C2H6/c1-10-5-13(21)7-14(6-10)27(9-17(22)23)18-15-8-12(20)3-4-16(15)28(11(2)24)19(25)26-18;1-5(2,3)6-4;1-2/h3-8,17,24-25H,9H2,1-2H3;1-4H3;1-2H3. The van der Waals surface area contributed by atoms with Crippen molar-refractivity contribution in [2.45, 2.75) is 60.5 Å². The number of hydrogen-bond donors (Lipinski definition) is 2. The van der Waals surface area contributed by atoms with Crippen molar-refractivity contribution in [2.24, 2.45) is 0 Å². The Hall–Kier alpha value is -3.27. The Labute approximate surface area is 209 Å². The molecule has 10 heteroatoms. The number of benzene rings is 2. The summed E-state index contributed by atoms with van der Waals surface area (Å²) >= 11 is 0. The summed E-state index contributed by atoms with van der Waals surface area (Å²) in [6.07, 6.45) is -2.79. The minimum atomic E-state index is -2.79. The molecule has 0 aliphatic rings. The van der Waals surface area contributed by atoms with E-state index in [9.17, 15) is 17.6 Å². The Morgan fingerprint density at radius 3 is 2.14 bits per heavy atom. The van der Waals surface area contributed by atoms with Crippen LogP contribution in [0.15, 0.2) is 36.4 Å². The Kier molecular flexibility index (Phi) is 11.2. The number of anilines is 2. The number of aromatic nitrogens is 2. The summed E-state index contributed by atoms with van der Waals surface area (Å²) in [4.78, 5) is 5.10. The summed E-state index contributed by atoms with van der Waals surface area (Å²) in [7, 11) is 1.71. The Balaban J connectivity index is 0.000000710. The van der Waals surface area contributed by atoms with Gasteiger partial charge in [0.25, 0.3) is 6.43 Å². The second-order valence-corrected chi connectivity index (χ2v) is 8.65. The molecule has 1 aromatic heterocycles. The van der Waals surface area contributed by atoms with Crippen LogP contribution < -0.4 is 10.5 Å². The highest BCUT2D eigenvalue weighted by Gasteiger charge is 2.22. The van der Waals surface area contributed by atoms with Crippen LogP contribution in [0.4, 0.5) is 29.1 Å². The van der Waals surface area contributed by atoms with Crippen LogP contribution in [-0.2, 0) is 4.74 Å². The van der Waals surface area contributed by atoms with E-state index in [1.165, 1.54) is 25.1 Å². The molecule has 0 saturated carbocycles. The van der Waals surface area contributed by atoms with Crippen molar-refractivity contribution in [3.8, 4) is 0 Å². The summed E-state index contributed by atoms with van der Waals surface area (Å²) in [6.45, 7) is 12.3. The summed E-state index contributed by atoms with van der Waals surface area (Å²) < 4.78 is 60.6.